The Morgan fingerprint density at radius 1 is 1.28 bits per heavy atom. The molecule has 9 heteroatoms. The van der Waals surface area contributed by atoms with Crippen molar-refractivity contribution in [3.8, 4) is 0 Å². The lowest BCUT2D eigenvalue weighted by Crippen LogP contribution is -2.44. The van der Waals surface area contributed by atoms with Gasteiger partial charge < -0.3 is 9.64 Å². The molecule has 1 aromatic carbocycles. The number of hydrogen-bond donors (Lipinski definition) is 0. The summed E-state index contributed by atoms with van der Waals surface area (Å²) < 4.78 is 43.3. The molecular weight excluding hydrogens is 397 g/mol. The summed E-state index contributed by atoms with van der Waals surface area (Å²) in [6.45, 7) is 5.32. The summed E-state index contributed by atoms with van der Waals surface area (Å²) in [6, 6.07) is 4.78. The number of cyclic esters (lactones) is 1. The van der Waals surface area contributed by atoms with Gasteiger partial charge in [-0.15, -0.1) is 0 Å². The molecule has 7 nitrogen and oxygen atoms in total. The van der Waals surface area contributed by atoms with Crippen molar-refractivity contribution < 1.29 is 22.3 Å². The van der Waals surface area contributed by atoms with Crippen molar-refractivity contribution >= 4 is 27.5 Å². The maximum Gasteiger partial charge on any atom is 0.414 e. The SMILES string of the molecule is CC1CN(c2ccc(C3(C)C=CC(N4CCS(=O)(=O)CC4)=NC3)c(F)c2)C(=O)O1. The highest BCUT2D eigenvalue weighted by atomic mass is 32.2. The topological polar surface area (TPSA) is 79.3 Å². The molecule has 1 aromatic rings. The number of dihydropyridines is 1. The molecule has 0 N–H and O–H groups in total. The summed E-state index contributed by atoms with van der Waals surface area (Å²) in [5, 5.41) is 0. The number of amidine groups is 1. The third-order valence-electron chi connectivity index (χ3n) is 5.68. The summed E-state index contributed by atoms with van der Waals surface area (Å²) in [4.78, 5) is 19.9. The molecule has 2 fully saturated rings. The van der Waals surface area contributed by atoms with E-state index in [0.717, 1.165) is 5.84 Å². The largest absolute Gasteiger partial charge is 0.444 e. The Kier molecular flexibility index (Phi) is 4.88. The van der Waals surface area contributed by atoms with E-state index in [2.05, 4.69) is 4.99 Å². The van der Waals surface area contributed by atoms with E-state index < -0.39 is 27.2 Å². The molecule has 3 aliphatic rings. The zero-order valence-corrected chi connectivity index (χ0v) is 17.3. The van der Waals surface area contributed by atoms with Crippen molar-refractivity contribution in [3.05, 3.63) is 41.7 Å². The predicted octanol–water partition coefficient (Wildman–Crippen LogP) is 2.13. The predicted molar refractivity (Wildman–Crippen MR) is 109 cm³/mol. The third kappa shape index (κ3) is 3.88. The molecule has 0 aromatic heterocycles. The van der Waals surface area contributed by atoms with E-state index >= 15 is 0 Å². The van der Waals surface area contributed by atoms with E-state index in [9.17, 15) is 17.6 Å². The second kappa shape index (κ2) is 7.12. The van der Waals surface area contributed by atoms with Crippen LogP contribution in [-0.4, -0.2) is 69.0 Å². The van der Waals surface area contributed by atoms with Crippen LogP contribution in [0.5, 0.6) is 0 Å². The van der Waals surface area contributed by atoms with Crippen LogP contribution in [0.2, 0.25) is 0 Å². The molecule has 2 unspecified atom stereocenters. The smallest absolute Gasteiger partial charge is 0.414 e. The number of ether oxygens (including phenoxy) is 1. The highest BCUT2D eigenvalue weighted by Crippen LogP contribution is 2.33. The summed E-state index contributed by atoms with van der Waals surface area (Å²) in [5.74, 6) is 0.600. The molecule has 0 bridgehead atoms. The standard InChI is InChI=1S/C20H24FN3O4S/c1-14-12-24(19(25)28-14)15-3-4-16(17(21)11-15)20(2)6-5-18(22-13-20)23-7-9-29(26,27)10-8-23/h3-6,11,14H,7-10,12-13H2,1-2H3. The van der Waals surface area contributed by atoms with E-state index in [-0.39, 0.29) is 17.6 Å². The molecule has 0 saturated carbocycles. The second-order valence-corrected chi connectivity index (χ2v) is 10.3. The first-order valence-electron chi connectivity index (χ1n) is 9.64. The molecule has 0 radical (unpaired) electrons. The lowest BCUT2D eigenvalue weighted by Gasteiger charge is -2.34. The monoisotopic (exact) mass is 421 g/mol. The fourth-order valence-corrected chi connectivity index (χ4v) is 5.08. The third-order valence-corrected chi connectivity index (χ3v) is 7.29. The Labute approximate surface area is 169 Å². The Morgan fingerprint density at radius 3 is 2.55 bits per heavy atom. The number of aliphatic imine (C=N–C) groups is 1. The van der Waals surface area contributed by atoms with Gasteiger partial charge in [-0.05, 0) is 30.7 Å². The molecule has 1 amide bonds. The van der Waals surface area contributed by atoms with Crippen LogP contribution in [0.15, 0.2) is 35.3 Å². The van der Waals surface area contributed by atoms with Gasteiger partial charge in [0.1, 0.15) is 17.8 Å². The van der Waals surface area contributed by atoms with Crippen molar-refractivity contribution in [2.24, 2.45) is 4.99 Å². The highest BCUT2D eigenvalue weighted by Gasteiger charge is 2.33. The van der Waals surface area contributed by atoms with Gasteiger partial charge in [0.05, 0.1) is 30.3 Å². The minimum atomic E-state index is -2.95. The van der Waals surface area contributed by atoms with Gasteiger partial charge in [-0.3, -0.25) is 9.89 Å². The first-order chi connectivity index (χ1) is 13.7. The maximum absolute atomic E-state index is 15.0. The molecule has 156 valence electrons. The van der Waals surface area contributed by atoms with Crippen molar-refractivity contribution in [3.63, 3.8) is 0 Å². The first-order valence-corrected chi connectivity index (χ1v) is 11.5. The van der Waals surface area contributed by atoms with Crippen molar-refractivity contribution in [2.75, 3.05) is 42.6 Å². The molecule has 29 heavy (non-hydrogen) atoms. The van der Waals surface area contributed by atoms with Crippen LogP contribution in [0.25, 0.3) is 0 Å². The average molecular weight is 421 g/mol. The van der Waals surface area contributed by atoms with Crippen molar-refractivity contribution in [2.45, 2.75) is 25.4 Å². The second-order valence-electron chi connectivity index (χ2n) is 8.03. The number of amides is 1. The van der Waals surface area contributed by atoms with Gasteiger partial charge in [-0.1, -0.05) is 19.1 Å². The zero-order valence-electron chi connectivity index (χ0n) is 16.5. The number of benzene rings is 1. The number of carbonyl (C=O) groups excluding carboxylic acids is 1. The quantitative estimate of drug-likeness (QED) is 0.731. The van der Waals surface area contributed by atoms with Gasteiger partial charge in [-0.25, -0.2) is 17.6 Å². The number of rotatable bonds is 2. The normalized spacial score (nSPS) is 29.0. The highest BCUT2D eigenvalue weighted by molar-refractivity contribution is 7.91. The number of halogens is 1. The fourth-order valence-electron chi connectivity index (χ4n) is 3.88. The van der Waals surface area contributed by atoms with Crippen LogP contribution >= 0.6 is 0 Å². The van der Waals surface area contributed by atoms with E-state index in [4.69, 9.17) is 4.74 Å². The first kappa shape index (κ1) is 19.9. The van der Waals surface area contributed by atoms with Gasteiger partial charge in [0.25, 0.3) is 0 Å². The summed E-state index contributed by atoms with van der Waals surface area (Å²) in [7, 11) is -2.95. The molecule has 3 aliphatic heterocycles. The van der Waals surface area contributed by atoms with Crippen LogP contribution in [0.1, 0.15) is 19.4 Å². The number of hydrogen-bond acceptors (Lipinski definition) is 6. The molecule has 0 spiro atoms. The lowest BCUT2D eigenvalue weighted by molar-refractivity contribution is 0.150. The maximum atomic E-state index is 15.0. The Morgan fingerprint density at radius 2 is 2.00 bits per heavy atom. The van der Waals surface area contributed by atoms with E-state index in [0.29, 0.717) is 37.4 Å². The number of nitrogens with zero attached hydrogens (tertiary/aromatic N) is 3. The Hall–Kier alpha value is -2.42. The minimum Gasteiger partial charge on any atom is -0.444 e. The Bertz CT molecular complexity index is 993. The average Bonchev–Trinajstić information content (AvgIpc) is 3.00. The van der Waals surface area contributed by atoms with Crippen molar-refractivity contribution in [1.29, 1.82) is 0 Å². The summed E-state index contributed by atoms with van der Waals surface area (Å²) >= 11 is 0. The van der Waals surface area contributed by atoms with Gasteiger partial charge in [0, 0.05) is 18.5 Å². The van der Waals surface area contributed by atoms with Crippen LogP contribution in [0, 0.1) is 5.82 Å². The van der Waals surface area contributed by atoms with Crippen LogP contribution < -0.4 is 4.90 Å². The van der Waals surface area contributed by atoms with Crippen LogP contribution in [0.3, 0.4) is 0 Å². The summed E-state index contributed by atoms with van der Waals surface area (Å²) in [5.41, 5.74) is 0.358. The molecule has 0 aliphatic carbocycles. The fraction of sp³-hybridized carbons (Fsp3) is 0.500. The molecule has 4 rings (SSSR count). The van der Waals surface area contributed by atoms with Gasteiger partial charge in [0.15, 0.2) is 9.84 Å². The minimum absolute atomic E-state index is 0.130. The van der Waals surface area contributed by atoms with E-state index in [1.54, 1.807) is 19.1 Å². The van der Waals surface area contributed by atoms with Gasteiger partial charge in [-0.2, -0.15) is 0 Å². The van der Waals surface area contributed by atoms with Gasteiger partial charge >= 0.3 is 6.09 Å². The van der Waals surface area contributed by atoms with Crippen LogP contribution in [-0.2, 0) is 20.0 Å². The number of carbonyl (C=O) groups is 1. The van der Waals surface area contributed by atoms with Crippen LogP contribution in [0.4, 0.5) is 14.9 Å². The van der Waals surface area contributed by atoms with E-state index in [1.807, 2.05) is 24.0 Å². The Balaban J connectivity index is 1.50. The van der Waals surface area contributed by atoms with Gasteiger partial charge in [0.2, 0.25) is 0 Å². The molecular formula is C20H24FN3O4S. The molecule has 2 saturated heterocycles. The molecule has 3 heterocycles. The van der Waals surface area contributed by atoms with E-state index in [1.165, 1.54) is 11.0 Å². The summed E-state index contributed by atoms with van der Waals surface area (Å²) in [6.07, 6.45) is 3.07. The number of anilines is 1. The lowest BCUT2D eigenvalue weighted by atomic mass is 9.80. The zero-order chi connectivity index (χ0) is 20.8. The van der Waals surface area contributed by atoms with Crippen molar-refractivity contribution in [1.82, 2.24) is 4.90 Å². The number of sulfone groups is 1. The molecule has 2 atom stereocenters.